The zero-order chi connectivity index (χ0) is 21.8. The number of methoxy groups -OCH3 is 1. The first-order chi connectivity index (χ1) is 15.1. The van der Waals surface area contributed by atoms with Crippen LogP contribution >= 0.6 is 0 Å². The summed E-state index contributed by atoms with van der Waals surface area (Å²) in [7, 11) is 1.64. The minimum atomic E-state index is -0.483. The summed E-state index contributed by atoms with van der Waals surface area (Å²) < 4.78 is 17.3. The van der Waals surface area contributed by atoms with Crippen molar-refractivity contribution < 1.29 is 18.7 Å². The number of nitrogens with zero attached hydrogens (tertiary/aromatic N) is 2. The lowest BCUT2D eigenvalue weighted by molar-refractivity contribution is 0.100. The smallest absolute Gasteiger partial charge is 0.298 e. The number of anilines is 1. The summed E-state index contributed by atoms with van der Waals surface area (Å²) in [6.45, 7) is 5.02. The Bertz CT molecular complexity index is 1060. The fourth-order valence-electron chi connectivity index (χ4n) is 3.95. The number of carbonyl (C=O) groups is 1. The number of rotatable bonds is 8. The number of hydrogen-bond acceptors (Lipinski definition) is 7. The van der Waals surface area contributed by atoms with Gasteiger partial charge >= 0.3 is 0 Å². The van der Waals surface area contributed by atoms with Crippen LogP contribution in [0.25, 0.3) is 11.1 Å². The van der Waals surface area contributed by atoms with Crippen molar-refractivity contribution >= 4 is 23.0 Å². The van der Waals surface area contributed by atoms with Crippen molar-refractivity contribution in [3.8, 4) is 11.5 Å². The van der Waals surface area contributed by atoms with E-state index in [2.05, 4.69) is 10.2 Å². The van der Waals surface area contributed by atoms with Gasteiger partial charge in [0, 0.05) is 18.2 Å². The Hall–Kier alpha value is -3.26. The van der Waals surface area contributed by atoms with Gasteiger partial charge in [0.2, 0.25) is 5.91 Å². The molecule has 0 aliphatic carbocycles. The van der Waals surface area contributed by atoms with Crippen molar-refractivity contribution in [2.75, 3.05) is 31.7 Å². The highest BCUT2D eigenvalue weighted by Crippen LogP contribution is 2.32. The van der Waals surface area contributed by atoms with Crippen molar-refractivity contribution in [2.24, 2.45) is 5.73 Å². The van der Waals surface area contributed by atoms with Crippen LogP contribution in [0.5, 0.6) is 11.5 Å². The van der Waals surface area contributed by atoms with Crippen LogP contribution in [0.15, 0.2) is 40.8 Å². The summed E-state index contributed by atoms with van der Waals surface area (Å²) in [4.78, 5) is 18.4. The SMILES string of the molecule is CCOc1cc(CN(c2nc3cc(C(N)=O)ccc3o2)C2CCNCC2)ccc1OC. The molecule has 1 aliphatic rings. The van der Waals surface area contributed by atoms with Crippen molar-refractivity contribution in [2.45, 2.75) is 32.4 Å². The van der Waals surface area contributed by atoms with Crippen LogP contribution in [0, 0.1) is 0 Å². The first-order valence-corrected chi connectivity index (χ1v) is 10.6. The molecule has 1 aliphatic heterocycles. The summed E-state index contributed by atoms with van der Waals surface area (Å²) in [5.41, 5.74) is 8.15. The highest BCUT2D eigenvalue weighted by Gasteiger charge is 2.26. The van der Waals surface area contributed by atoms with E-state index < -0.39 is 5.91 Å². The molecule has 3 N–H and O–H groups in total. The zero-order valence-corrected chi connectivity index (χ0v) is 17.9. The number of amides is 1. The highest BCUT2D eigenvalue weighted by atomic mass is 16.5. The number of ether oxygens (including phenoxy) is 2. The average Bonchev–Trinajstić information content (AvgIpc) is 3.21. The van der Waals surface area contributed by atoms with Crippen molar-refractivity contribution in [1.29, 1.82) is 0 Å². The first-order valence-electron chi connectivity index (χ1n) is 10.6. The van der Waals surface area contributed by atoms with Gasteiger partial charge in [-0.15, -0.1) is 0 Å². The topological polar surface area (TPSA) is 103 Å². The molecular formula is C23H28N4O4. The van der Waals surface area contributed by atoms with Gasteiger partial charge < -0.3 is 29.8 Å². The van der Waals surface area contributed by atoms with Crippen molar-refractivity contribution in [3.63, 3.8) is 0 Å². The van der Waals surface area contributed by atoms with E-state index in [0.717, 1.165) is 37.2 Å². The van der Waals surface area contributed by atoms with Gasteiger partial charge in [0.15, 0.2) is 17.1 Å². The molecule has 0 unspecified atom stereocenters. The predicted octanol–water partition coefficient (Wildman–Crippen LogP) is 3.09. The van der Waals surface area contributed by atoms with E-state index in [1.807, 2.05) is 25.1 Å². The molecule has 4 rings (SSSR count). The molecule has 1 fully saturated rings. The number of aromatic nitrogens is 1. The standard InChI is InChI=1S/C23H28N4O4/c1-3-30-21-12-15(4-6-20(21)29-2)14-27(17-8-10-25-11-9-17)23-26-18-13-16(22(24)28)5-7-19(18)31-23/h4-7,12-13,17,25H,3,8-11,14H2,1-2H3,(H2,24,28). The summed E-state index contributed by atoms with van der Waals surface area (Å²) >= 11 is 0. The number of carbonyl (C=O) groups excluding carboxylic acids is 1. The summed E-state index contributed by atoms with van der Waals surface area (Å²) in [6.07, 6.45) is 1.97. The fourth-order valence-corrected chi connectivity index (χ4v) is 3.95. The molecule has 0 atom stereocenters. The van der Waals surface area contributed by atoms with Gasteiger partial charge in [0.05, 0.1) is 13.7 Å². The molecule has 1 amide bonds. The normalized spacial score (nSPS) is 14.5. The van der Waals surface area contributed by atoms with Crippen LogP contribution in [0.2, 0.25) is 0 Å². The molecular weight excluding hydrogens is 396 g/mol. The Morgan fingerprint density at radius 2 is 2.03 bits per heavy atom. The molecule has 0 radical (unpaired) electrons. The second-order valence-corrected chi connectivity index (χ2v) is 7.57. The Kier molecular flexibility index (Phi) is 6.27. The maximum Gasteiger partial charge on any atom is 0.298 e. The van der Waals surface area contributed by atoms with Gasteiger partial charge in [0.25, 0.3) is 6.01 Å². The van der Waals surface area contributed by atoms with Gasteiger partial charge in [0.1, 0.15) is 5.52 Å². The Labute approximate surface area is 181 Å². The third kappa shape index (κ3) is 4.59. The predicted molar refractivity (Wildman–Crippen MR) is 119 cm³/mol. The lowest BCUT2D eigenvalue weighted by Gasteiger charge is -2.33. The molecule has 1 saturated heterocycles. The number of nitrogens with one attached hydrogen (secondary N) is 1. The molecule has 164 valence electrons. The van der Waals surface area contributed by atoms with Gasteiger partial charge in [-0.3, -0.25) is 4.79 Å². The summed E-state index contributed by atoms with van der Waals surface area (Å²) in [6, 6.07) is 11.9. The minimum absolute atomic E-state index is 0.280. The first kappa shape index (κ1) is 21.0. The number of benzene rings is 2. The van der Waals surface area contributed by atoms with E-state index in [9.17, 15) is 4.79 Å². The second kappa shape index (κ2) is 9.26. The van der Waals surface area contributed by atoms with Gasteiger partial charge in [-0.2, -0.15) is 4.98 Å². The molecule has 1 aromatic heterocycles. The second-order valence-electron chi connectivity index (χ2n) is 7.57. The number of hydrogen-bond donors (Lipinski definition) is 2. The minimum Gasteiger partial charge on any atom is -0.493 e. The molecule has 31 heavy (non-hydrogen) atoms. The van der Waals surface area contributed by atoms with E-state index in [4.69, 9.17) is 24.6 Å². The van der Waals surface area contributed by atoms with Gasteiger partial charge in [-0.1, -0.05) is 6.07 Å². The largest absolute Gasteiger partial charge is 0.493 e. The highest BCUT2D eigenvalue weighted by molar-refractivity contribution is 5.96. The van der Waals surface area contributed by atoms with Crippen LogP contribution in [-0.4, -0.2) is 43.7 Å². The molecule has 0 saturated carbocycles. The zero-order valence-electron chi connectivity index (χ0n) is 17.9. The molecule has 0 spiro atoms. The molecule has 3 aromatic rings. The van der Waals surface area contributed by atoms with E-state index in [1.165, 1.54) is 0 Å². The van der Waals surface area contributed by atoms with E-state index in [1.54, 1.807) is 25.3 Å². The lowest BCUT2D eigenvalue weighted by atomic mass is 10.0. The number of nitrogens with two attached hydrogens (primary N) is 1. The van der Waals surface area contributed by atoms with Crippen molar-refractivity contribution in [3.05, 3.63) is 47.5 Å². The monoisotopic (exact) mass is 424 g/mol. The van der Waals surface area contributed by atoms with E-state index in [-0.39, 0.29) is 6.04 Å². The average molecular weight is 425 g/mol. The van der Waals surface area contributed by atoms with E-state index >= 15 is 0 Å². The molecule has 8 heteroatoms. The van der Waals surface area contributed by atoms with Crippen LogP contribution in [0.4, 0.5) is 6.01 Å². The summed E-state index contributed by atoms with van der Waals surface area (Å²) in [5.74, 6) is 0.944. The van der Waals surface area contributed by atoms with Gasteiger partial charge in [-0.25, -0.2) is 0 Å². The molecule has 2 heterocycles. The van der Waals surface area contributed by atoms with Crippen LogP contribution in [-0.2, 0) is 6.54 Å². The molecule has 8 nitrogen and oxygen atoms in total. The van der Waals surface area contributed by atoms with E-state index in [0.29, 0.717) is 41.6 Å². The Balaban J connectivity index is 1.69. The number of fused-ring (bicyclic) bond motifs is 1. The van der Waals surface area contributed by atoms with Crippen LogP contribution in [0.3, 0.4) is 0 Å². The third-order valence-corrected chi connectivity index (χ3v) is 5.54. The lowest BCUT2D eigenvalue weighted by Crippen LogP contribution is -2.43. The van der Waals surface area contributed by atoms with Crippen LogP contribution < -0.4 is 25.4 Å². The van der Waals surface area contributed by atoms with Gasteiger partial charge in [-0.05, 0) is 68.8 Å². The molecule has 2 aromatic carbocycles. The summed E-state index contributed by atoms with van der Waals surface area (Å²) in [5, 5.41) is 3.41. The maximum atomic E-state index is 11.5. The van der Waals surface area contributed by atoms with Crippen molar-refractivity contribution in [1.82, 2.24) is 10.3 Å². The van der Waals surface area contributed by atoms with Crippen LogP contribution in [0.1, 0.15) is 35.7 Å². The number of oxazole rings is 1. The number of piperidine rings is 1. The Morgan fingerprint density at radius 1 is 1.23 bits per heavy atom. The third-order valence-electron chi connectivity index (χ3n) is 5.54. The Morgan fingerprint density at radius 3 is 2.74 bits per heavy atom. The molecule has 0 bridgehead atoms. The maximum absolute atomic E-state index is 11.5. The fraction of sp³-hybridized carbons (Fsp3) is 0.391. The number of primary amides is 1. The quantitative estimate of drug-likeness (QED) is 0.573.